The molecule has 0 radical (unpaired) electrons. The third kappa shape index (κ3) is 19.9. The summed E-state index contributed by atoms with van der Waals surface area (Å²) in [5.41, 5.74) is 1.90. The molecule has 0 spiro atoms. The Morgan fingerprint density at radius 2 is 0.635 bits per heavy atom. The molecule has 0 aromatic rings. The lowest BCUT2D eigenvalue weighted by Crippen LogP contribution is -2.49. The summed E-state index contributed by atoms with van der Waals surface area (Å²) in [6.07, 6.45) is 7.02. The van der Waals surface area contributed by atoms with Gasteiger partial charge in [0.1, 0.15) is 0 Å². The smallest absolute Gasteiger partial charge is 0.331 e. The van der Waals surface area contributed by atoms with E-state index in [-0.39, 0.29) is 12.2 Å². The van der Waals surface area contributed by atoms with Crippen LogP contribution in [0.15, 0.2) is 36.5 Å². The van der Waals surface area contributed by atoms with Gasteiger partial charge in [0.2, 0.25) is 0 Å². The van der Waals surface area contributed by atoms with Gasteiger partial charge in [-0.2, -0.15) is 0 Å². The monoisotopic (exact) mass is 772 g/mol. The Labute approximate surface area is 314 Å². The Bertz CT molecular complexity index is 1080. The van der Waals surface area contributed by atoms with Crippen LogP contribution in [0.2, 0.25) is 33.2 Å². The number of carboxylic acid groups (broad SMARTS) is 2. The minimum atomic E-state index is -2.25. The maximum absolute atomic E-state index is 12.1. The van der Waals surface area contributed by atoms with E-state index >= 15 is 0 Å². The molecule has 0 saturated heterocycles. The molecular formula is C38H68O12Si2. The van der Waals surface area contributed by atoms with Crippen molar-refractivity contribution in [3.8, 4) is 0 Å². The lowest BCUT2D eigenvalue weighted by atomic mass is 10.3. The van der Waals surface area contributed by atoms with E-state index < -0.39 is 52.5 Å². The zero-order chi connectivity index (χ0) is 41.6. The molecule has 0 aliphatic heterocycles. The summed E-state index contributed by atoms with van der Waals surface area (Å²) in [4.78, 5) is 66.6. The van der Waals surface area contributed by atoms with Crippen molar-refractivity contribution in [1.29, 1.82) is 0 Å². The minimum Gasteiger partial charge on any atom is -0.515 e. The first-order chi connectivity index (χ1) is 23.8. The highest BCUT2D eigenvalue weighted by Gasteiger charge is 2.48. The van der Waals surface area contributed by atoms with Crippen LogP contribution in [0.3, 0.4) is 0 Å². The van der Waals surface area contributed by atoms with Crippen molar-refractivity contribution in [2.45, 2.75) is 169 Å². The van der Waals surface area contributed by atoms with Crippen LogP contribution in [0, 0.1) is 0 Å². The van der Waals surface area contributed by atoms with Crippen molar-refractivity contribution < 1.29 is 57.3 Å². The molecule has 0 heterocycles. The number of hydrogen-bond acceptors (Lipinski definition) is 10. The molecule has 0 saturated carbocycles. The molecule has 52 heavy (non-hydrogen) atoms. The molecule has 2 atom stereocenters. The van der Waals surface area contributed by atoms with Crippen molar-refractivity contribution in [1.82, 2.24) is 0 Å². The maximum atomic E-state index is 12.1. The lowest BCUT2D eigenvalue weighted by molar-refractivity contribution is -0.143. The van der Waals surface area contributed by atoms with Gasteiger partial charge in [0.15, 0.2) is 0 Å². The van der Waals surface area contributed by atoms with E-state index in [0.717, 1.165) is 25.0 Å². The Kier molecular flexibility index (Phi) is 26.7. The normalized spacial score (nSPS) is 13.3. The average Bonchev–Trinajstić information content (AvgIpc) is 3.02. The standard InChI is InChI=1S/2C17H32O4Si.C4H4O4/c2*1-9-15(8)20-16(18)10-11-17(19)21-22(12(2)3,13(4)5)14(6)7;5-3(6)1-2-4(7)8/h2*10-15H,9H2,1-8H3;1-2H,(H,5,6)(H,7,8)/b2*11-10-;2-1-. The molecule has 2 unspecified atom stereocenters. The molecule has 0 aromatic carbocycles. The van der Waals surface area contributed by atoms with Gasteiger partial charge in [-0.25, -0.2) is 28.8 Å². The van der Waals surface area contributed by atoms with Gasteiger partial charge in [-0.05, 0) is 59.9 Å². The number of aliphatic carboxylic acids is 2. The van der Waals surface area contributed by atoms with Crippen molar-refractivity contribution in [2.75, 3.05) is 0 Å². The first-order valence-corrected chi connectivity index (χ1v) is 22.4. The van der Waals surface area contributed by atoms with Gasteiger partial charge in [0, 0.05) is 36.5 Å². The topological polar surface area (TPSA) is 180 Å². The Hall–Kier alpha value is -3.53. The molecule has 2 N–H and O–H groups in total. The van der Waals surface area contributed by atoms with Gasteiger partial charge >= 0.3 is 35.8 Å². The number of carboxylic acids is 2. The summed E-state index contributed by atoms with van der Waals surface area (Å²) in [7, 11) is -4.51. The van der Waals surface area contributed by atoms with Crippen LogP contribution in [-0.4, -0.2) is 74.9 Å². The van der Waals surface area contributed by atoms with Crippen LogP contribution >= 0.6 is 0 Å². The summed E-state index contributed by atoms with van der Waals surface area (Å²) < 4.78 is 22.0. The van der Waals surface area contributed by atoms with Crippen LogP contribution in [0.4, 0.5) is 0 Å². The highest BCUT2D eigenvalue weighted by atomic mass is 28.4. The van der Waals surface area contributed by atoms with E-state index in [1.807, 2.05) is 27.7 Å². The fraction of sp³-hybridized carbons (Fsp3) is 0.684. The van der Waals surface area contributed by atoms with Crippen molar-refractivity contribution in [3.05, 3.63) is 36.5 Å². The van der Waals surface area contributed by atoms with Gasteiger partial charge in [0.05, 0.1) is 12.2 Å². The molecule has 0 aromatic heterocycles. The Morgan fingerprint density at radius 1 is 0.423 bits per heavy atom. The van der Waals surface area contributed by atoms with E-state index in [2.05, 4.69) is 83.1 Å². The molecule has 300 valence electrons. The largest absolute Gasteiger partial charge is 0.515 e. The molecule has 0 fully saturated rings. The summed E-state index contributed by atoms with van der Waals surface area (Å²) in [5.74, 6) is -4.40. The predicted molar refractivity (Wildman–Crippen MR) is 209 cm³/mol. The molecule has 0 aliphatic rings. The second-order valence-electron chi connectivity index (χ2n) is 14.5. The van der Waals surface area contributed by atoms with E-state index in [1.54, 1.807) is 0 Å². The third-order valence-electron chi connectivity index (χ3n) is 8.83. The fourth-order valence-electron chi connectivity index (χ4n) is 6.18. The number of esters is 2. The number of hydrogen-bond donors (Lipinski definition) is 2. The maximum Gasteiger partial charge on any atom is 0.331 e. The molecule has 14 heteroatoms. The second kappa shape index (κ2) is 26.3. The average molecular weight is 773 g/mol. The molecule has 0 amide bonds. The molecule has 12 nitrogen and oxygen atoms in total. The Balaban J connectivity index is -0.000000764. The summed E-state index contributed by atoms with van der Waals surface area (Å²) in [6, 6.07) is 0. The van der Waals surface area contributed by atoms with E-state index in [4.69, 9.17) is 28.5 Å². The molecule has 0 rings (SSSR count). The Morgan fingerprint density at radius 3 is 0.808 bits per heavy atom. The van der Waals surface area contributed by atoms with Gasteiger partial charge < -0.3 is 28.5 Å². The van der Waals surface area contributed by atoms with E-state index in [1.165, 1.54) is 12.2 Å². The van der Waals surface area contributed by atoms with Gasteiger partial charge in [-0.15, -0.1) is 0 Å². The second-order valence-corrected chi connectivity index (χ2v) is 25.2. The van der Waals surface area contributed by atoms with Crippen LogP contribution < -0.4 is 0 Å². The van der Waals surface area contributed by atoms with Crippen LogP contribution in [-0.2, 0) is 47.1 Å². The number of ether oxygens (including phenoxy) is 2. The summed E-state index contributed by atoms with van der Waals surface area (Å²) in [6.45, 7) is 32.8. The zero-order valence-electron chi connectivity index (χ0n) is 34.5. The highest BCUT2D eigenvalue weighted by Crippen LogP contribution is 2.43. The predicted octanol–water partition coefficient (Wildman–Crippen LogP) is 8.92. The van der Waals surface area contributed by atoms with Crippen LogP contribution in [0.5, 0.6) is 0 Å². The minimum absolute atomic E-state index is 0.149. The quantitative estimate of drug-likeness (QED) is 0.0768. The van der Waals surface area contributed by atoms with E-state index in [9.17, 15) is 28.8 Å². The van der Waals surface area contributed by atoms with Crippen molar-refractivity contribution in [3.63, 3.8) is 0 Å². The SMILES string of the molecule is CCC(C)OC(=O)/C=C\C(=O)O[Si](C(C)C)(C(C)C)C(C)C.CCC(C)OC(=O)/C=C\C(=O)O[Si](C(C)C)(C(C)C)C(C)C.O=C(O)/C=C\C(=O)O. The van der Waals surface area contributed by atoms with Crippen LogP contribution in [0.25, 0.3) is 0 Å². The number of rotatable bonds is 18. The third-order valence-corrected chi connectivity index (χ3v) is 20.8. The van der Waals surface area contributed by atoms with Gasteiger partial charge in [-0.1, -0.05) is 96.9 Å². The van der Waals surface area contributed by atoms with Gasteiger partial charge in [-0.3, -0.25) is 0 Å². The fourth-order valence-corrected chi connectivity index (χ4v) is 16.4. The van der Waals surface area contributed by atoms with Gasteiger partial charge in [0.25, 0.3) is 16.6 Å². The van der Waals surface area contributed by atoms with Crippen molar-refractivity contribution >= 4 is 52.5 Å². The zero-order valence-corrected chi connectivity index (χ0v) is 36.5. The number of carbonyl (C=O) groups is 6. The summed E-state index contributed by atoms with van der Waals surface area (Å²) in [5, 5.41) is 15.6. The molecule has 0 aliphatic carbocycles. The first-order valence-electron chi connectivity index (χ1n) is 18.1. The van der Waals surface area contributed by atoms with Crippen LogP contribution in [0.1, 0.15) is 124 Å². The highest BCUT2D eigenvalue weighted by molar-refractivity contribution is 6.79. The molecule has 0 bridgehead atoms. The molecular weight excluding hydrogens is 705 g/mol. The van der Waals surface area contributed by atoms with E-state index in [0.29, 0.717) is 45.4 Å². The lowest BCUT2D eigenvalue weighted by Gasteiger charge is -2.40. The first kappa shape index (κ1) is 52.8. The summed E-state index contributed by atoms with van der Waals surface area (Å²) >= 11 is 0. The van der Waals surface area contributed by atoms with Crippen molar-refractivity contribution in [2.24, 2.45) is 0 Å². The number of carbonyl (C=O) groups excluding carboxylic acids is 4.